The smallest absolute Gasteiger partial charge is 0.341 e. The van der Waals surface area contributed by atoms with E-state index in [1.165, 1.54) is 22.2 Å². The van der Waals surface area contributed by atoms with Gasteiger partial charge in [-0.3, -0.25) is 4.79 Å². The third kappa shape index (κ3) is 5.83. The van der Waals surface area contributed by atoms with Crippen LogP contribution in [0.3, 0.4) is 0 Å². The summed E-state index contributed by atoms with van der Waals surface area (Å²) in [5, 5.41) is 9.09. The van der Waals surface area contributed by atoms with Crippen LogP contribution in [0.2, 0.25) is 0 Å². The molecule has 140 valence electrons. The van der Waals surface area contributed by atoms with E-state index < -0.39 is 5.97 Å². The van der Waals surface area contributed by atoms with Gasteiger partial charge in [0.1, 0.15) is 5.03 Å². The van der Waals surface area contributed by atoms with Crippen molar-refractivity contribution in [1.82, 2.24) is 9.88 Å². The van der Waals surface area contributed by atoms with E-state index in [9.17, 15) is 9.59 Å². The second kappa shape index (κ2) is 9.74. The number of nitrogens with zero attached hydrogens (tertiary/aromatic N) is 3. The fourth-order valence-electron chi connectivity index (χ4n) is 2.17. The van der Waals surface area contributed by atoms with E-state index in [0.717, 1.165) is 10.5 Å². The number of ether oxygens (including phenoxy) is 1. The van der Waals surface area contributed by atoms with Crippen molar-refractivity contribution < 1.29 is 14.3 Å². The Kier molecular flexibility index (Phi) is 7.38. The number of benzene rings is 1. The van der Waals surface area contributed by atoms with Crippen LogP contribution in [0.15, 0.2) is 46.5 Å². The van der Waals surface area contributed by atoms with Gasteiger partial charge in [0.25, 0.3) is 5.91 Å². The summed E-state index contributed by atoms with van der Waals surface area (Å²) in [5.74, 6) is -0.956. The summed E-state index contributed by atoms with van der Waals surface area (Å²) < 4.78 is 5.15. The Bertz CT molecular complexity index is 877. The van der Waals surface area contributed by atoms with Gasteiger partial charge in [-0.05, 0) is 49.2 Å². The third-order valence-corrected chi connectivity index (χ3v) is 5.00. The highest BCUT2D eigenvalue weighted by Gasteiger charge is 2.17. The Morgan fingerprint density at radius 2 is 2.04 bits per heavy atom. The van der Waals surface area contributed by atoms with Crippen molar-refractivity contribution in [3.8, 4) is 6.07 Å². The fourth-order valence-corrected chi connectivity index (χ4v) is 3.14. The van der Waals surface area contributed by atoms with Gasteiger partial charge < -0.3 is 9.64 Å². The Morgan fingerprint density at radius 3 is 2.74 bits per heavy atom. The van der Waals surface area contributed by atoms with Gasteiger partial charge in [-0.15, -0.1) is 0 Å². The molecular formula is C20H21N3O3S. The van der Waals surface area contributed by atoms with Gasteiger partial charge in [-0.2, -0.15) is 5.26 Å². The Hall–Kier alpha value is -2.85. The van der Waals surface area contributed by atoms with Crippen molar-refractivity contribution in [3.05, 3.63) is 53.2 Å². The fraction of sp³-hybridized carbons (Fsp3) is 0.300. The Labute approximate surface area is 163 Å². The summed E-state index contributed by atoms with van der Waals surface area (Å²) >= 11 is 1.37. The van der Waals surface area contributed by atoms with E-state index >= 15 is 0 Å². The molecule has 0 unspecified atom stereocenters. The zero-order valence-electron chi connectivity index (χ0n) is 15.6. The summed E-state index contributed by atoms with van der Waals surface area (Å²) in [5.41, 5.74) is 2.67. The predicted molar refractivity (Wildman–Crippen MR) is 102 cm³/mol. The molecule has 0 N–H and O–H groups in total. The minimum Gasteiger partial charge on any atom is -0.452 e. The molecule has 0 atom stereocenters. The standard InChI is InChI=1S/C20H21N3O3S/c1-14-7-8-16(12-15(14)2)27-19-17(6-4-10-22-19)20(25)26-13-18(24)23(3)11-5-9-21/h4,6-8,10,12H,5,11,13H2,1-3H3. The number of likely N-dealkylation sites (N-methyl/N-ethyl adjacent to an activating group) is 1. The average molecular weight is 383 g/mol. The first-order chi connectivity index (χ1) is 12.9. The van der Waals surface area contributed by atoms with E-state index in [2.05, 4.69) is 4.98 Å². The number of nitriles is 1. The molecule has 1 aromatic carbocycles. The number of rotatable bonds is 7. The van der Waals surface area contributed by atoms with Crippen LogP contribution in [0.25, 0.3) is 0 Å². The maximum Gasteiger partial charge on any atom is 0.341 e. The molecule has 0 aliphatic carbocycles. The largest absolute Gasteiger partial charge is 0.452 e. The van der Waals surface area contributed by atoms with Gasteiger partial charge >= 0.3 is 5.97 Å². The number of amides is 1. The molecule has 0 aliphatic rings. The molecule has 6 nitrogen and oxygen atoms in total. The van der Waals surface area contributed by atoms with Crippen LogP contribution < -0.4 is 0 Å². The van der Waals surface area contributed by atoms with E-state index in [0.29, 0.717) is 17.1 Å². The lowest BCUT2D eigenvalue weighted by atomic mass is 10.1. The number of pyridine rings is 1. The van der Waals surface area contributed by atoms with Crippen LogP contribution in [0.4, 0.5) is 0 Å². The van der Waals surface area contributed by atoms with Crippen molar-refractivity contribution in [1.29, 1.82) is 5.26 Å². The second-order valence-corrected chi connectivity index (χ2v) is 7.07. The molecule has 1 heterocycles. The minimum absolute atomic E-state index is 0.232. The molecule has 2 aromatic rings. The van der Waals surface area contributed by atoms with E-state index in [-0.39, 0.29) is 18.9 Å². The highest BCUT2D eigenvalue weighted by Crippen LogP contribution is 2.30. The van der Waals surface area contributed by atoms with E-state index in [1.807, 2.05) is 38.1 Å². The molecule has 2 rings (SSSR count). The van der Waals surface area contributed by atoms with Gasteiger partial charge in [0, 0.05) is 24.7 Å². The molecule has 0 saturated carbocycles. The zero-order chi connectivity index (χ0) is 19.8. The molecular weight excluding hydrogens is 362 g/mol. The summed E-state index contributed by atoms with van der Waals surface area (Å²) in [4.78, 5) is 31.0. The summed E-state index contributed by atoms with van der Waals surface area (Å²) in [6, 6.07) is 11.3. The van der Waals surface area contributed by atoms with Gasteiger partial charge in [-0.25, -0.2) is 9.78 Å². The van der Waals surface area contributed by atoms with Crippen LogP contribution in [-0.2, 0) is 9.53 Å². The maximum atomic E-state index is 12.4. The molecule has 0 spiro atoms. The van der Waals surface area contributed by atoms with Crippen LogP contribution >= 0.6 is 11.8 Å². The molecule has 0 aliphatic heterocycles. The summed E-state index contributed by atoms with van der Waals surface area (Å²) in [6.07, 6.45) is 1.84. The quantitative estimate of drug-likeness (QED) is 0.682. The van der Waals surface area contributed by atoms with E-state index in [1.54, 1.807) is 25.4 Å². The average Bonchev–Trinajstić information content (AvgIpc) is 2.67. The molecule has 7 heteroatoms. The SMILES string of the molecule is Cc1ccc(Sc2ncccc2C(=O)OCC(=O)N(C)CCC#N)cc1C. The number of aromatic nitrogens is 1. The second-order valence-electron chi connectivity index (χ2n) is 6.00. The maximum absolute atomic E-state index is 12.4. The van der Waals surface area contributed by atoms with Crippen LogP contribution in [0, 0.1) is 25.2 Å². The number of carbonyl (C=O) groups is 2. The zero-order valence-corrected chi connectivity index (χ0v) is 16.4. The van der Waals surface area contributed by atoms with Gasteiger partial charge in [0.2, 0.25) is 0 Å². The van der Waals surface area contributed by atoms with Gasteiger partial charge in [0.15, 0.2) is 6.61 Å². The monoisotopic (exact) mass is 383 g/mol. The highest BCUT2D eigenvalue weighted by molar-refractivity contribution is 7.99. The number of aryl methyl sites for hydroxylation is 2. The lowest BCUT2D eigenvalue weighted by Gasteiger charge is -2.15. The van der Waals surface area contributed by atoms with E-state index in [4.69, 9.17) is 10.00 Å². The Balaban J connectivity index is 2.05. The minimum atomic E-state index is -0.600. The number of hydrogen-bond donors (Lipinski definition) is 0. The van der Waals surface area contributed by atoms with Gasteiger partial charge in [-0.1, -0.05) is 17.8 Å². The number of hydrogen-bond acceptors (Lipinski definition) is 6. The summed E-state index contributed by atoms with van der Waals surface area (Å²) in [6.45, 7) is 4.00. The lowest BCUT2D eigenvalue weighted by Crippen LogP contribution is -2.32. The molecule has 1 aromatic heterocycles. The molecule has 0 fully saturated rings. The molecule has 0 radical (unpaired) electrons. The number of esters is 1. The lowest BCUT2D eigenvalue weighted by molar-refractivity contribution is -0.133. The Morgan fingerprint density at radius 1 is 1.26 bits per heavy atom. The van der Waals surface area contributed by atoms with Crippen molar-refractivity contribution in [2.24, 2.45) is 0 Å². The van der Waals surface area contributed by atoms with Crippen molar-refractivity contribution >= 4 is 23.6 Å². The number of carbonyl (C=O) groups excluding carboxylic acids is 2. The highest BCUT2D eigenvalue weighted by atomic mass is 32.2. The van der Waals surface area contributed by atoms with Crippen molar-refractivity contribution in [3.63, 3.8) is 0 Å². The van der Waals surface area contributed by atoms with Crippen LogP contribution in [0.1, 0.15) is 27.9 Å². The molecule has 1 amide bonds. The predicted octanol–water partition coefficient (Wildman–Crippen LogP) is 3.38. The summed E-state index contributed by atoms with van der Waals surface area (Å²) in [7, 11) is 1.57. The van der Waals surface area contributed by atoms with Crippen LogP contribution in [0.5, 0.6) is 0 Å². The van der Waals surface area contributed by atoms with Crippen molar-refractivity contribution in [2.75, 3.05) is 20.2 Å². The third-order valence-electron chi connectivity index (χ3n) is 4.00. The van der Waals surface area contributed by atoms with Crippen LogP contribution in [-0.4, -0.2) is 42.0 Å². The van der Waals surface area contributed by atoms with Gasteiger partial charge in [0.05, 0.1) is 18.1 Å². The first kappa shape index (κ1) is 20.5. The molecule has 0 bridgehead atoms. The molecule has 0 saturated heterocycles. The topological polar surface area (TPSA) is 83.3 Å². The van der Waals surface area contributed by atoms with Crippen molar-refractivity contribution in [2.45, 2.75) is 30.2 Å². The first-order valence-corrected chi connectivity index (χ1v) is 9.22. The normalized spacial score (nSPS) is 10.1. The molecule has 27 heavy (non-hydrogen) atoms. The first-order valence-electron chi connectivity index (χ1n) is 8.40.